The fourth-order valence-corrected chi connectivity index (χ4v) is 5.80. The van der Waals surface area contributed by atoms with E-state index in [-0.39, 0.29) is 22.9 Å². The van der Waals surface area contributed by atoms with Gasteiger partial charge in [-0.15, -0.1) is 0 Å². The lowest BCUT2D eigenvalue weighted by molar-refractivity contribution is 0.0558. The Hall–Kier alpha value is -4.03. The molecule has 0 fully saturated rings. The number of nitrogens with one attached hydrogen (secondary N) is 2. The Morgan fingerprint density at radius 1 is 1.07 bits per heavy atom. The number of ether oxygens (including phenoxy) is 1. The molecule has 0 spiro atoms. The van der Waals surface area contributed by atoms with Gasteiger partial charge in [0.1, 0.15) is 22.7 Å². The Labute approximate surface area is 242 Å². The molecule has 2 N–H and O–H groups in total. The van der Waals surface area contributed by atoms with Crippen molar-refractivity contribution in [3.63, 3.8) is 0 Å². The van der Waals surface area contributed by atoms with Crippen molar-refractivity contribution in [2.24, 2.45) is 4.99 Å². The van der Waals surface area contributed by atoms with E-state index >= 15 is 4.39 Å². The quantitative estimate of drug-likeness (QED) is 0.425. The molecule has 1 aliphatic rings. The summed E-state index contributed by atoms with van der Waals surface area (Å²) in [5.41, 5.74) is -0.681. The van der Waals surface area contributed by atoms with Crippen molar-refractivity contribution in [1.29, 1.82) is 0 Å². The maximum Gasteiger partial charge on any atom is 0.414 e. The first kappa shape index (κ1) is 29.9. The predicted octanol–water partition coefficient (Wildman–Crippen LogP) is 5.16. The molecule has 1 atom stereocenters. The zero-order valence-corrected chi connectivity index (χ0v) is 24.6. The van der Waals surface area contributed by atoms with Crippen LogP contribution in [0.4, 0.5) is 14.9 Å². The van der Waals surface area contributed by atoms with Gasteiger partial charge in [0, 0.05) is 35.1 Å². The first-order valence-corrected chi connectivity index (χ1v) is 14.4. The Bertz CT molecular complexity index is 1640. The summed E-state index contributed by atoms with van der Waals surface area (Å²) >= 11 is 6.05. The SMILES string of the molecule is CN1C(NC(=O)OC(C)(C)C)=N[C@](C)(c2cc(NC(=O)c3ccc(-c4cccc(Cl)c4)cn3)ccc2F)CS1(=O)=O. The van der Waals surface area contributed by atoms with Gasteiger partial charge in [0.05, 0.1) is 5.75 Å². The number of benzene rings is 2. The van der Waals surface area contributed by atoms with Crippen LogP contribution in [0.15, 0.2) is 65.8 Å². The fraction of sp³-hybridized carbons (Fsp3) is 0.286. The monoisotopic (exact) mass is 601 g/mol. The second-order valence-corrected chi connectivity index (χ2v) is 13.1. The highest BCUT2D eigenvalue weighted by atomic mass is 35.5. The van der Waals surface area contributed by atoms with Crippen molar-refractivity contribution >= 4 is 45.3 Å². The number of rotatable bonds is 4. The van der Waals surface area contributed by atoms with Gasteiger partial charge in [0.25, 0.3) is 5.91 Å². The summed E-state index contributed by atoms with van der Waals surface area (Å²) in [5, 5.41) is 5.57. The summed E-state index contributed by atoms with van der Waals surface area (Å²) in [6, 6.07) is 14.2. The molecule has 0 saturated heterocycles. The zero-order valence-electron chi connectivity index (χ0n) is 23.0. The minimum atomic E-state index is -4.02. The molecule has 0 bridgehead atoms. The molecule has 10 nitrogen and oxygen atoms in total. The van der Waals surface area contributed by atoms with E-state index in [4.69, 9.17) is 16.3 Å². The summed E-state index contributed by atoms with van der Waals surface area (Å²) in [4.78, 5) is 33.9. The molecule has 0 unspecified atom stereocenters. The van der Waals surface area contributed by atoms with Crippen LogP contribution in [0.25, 0.3) is 11.1 Å². The maximum atomic E-state index is 15.1. The summed E-state index contributed by atoms with van der Waals surface area (Å²) in [6.07, 6.45) is 0.618. The number of halogens is 2. The highest BCUT2D eigenvalue weighted by Crippen LogP contribution is 2.35. The van der Waals surface area contributed by atoms with E-state index in [2.05, 4.69) is 20.6 Å². The van der Waals surface area contributed by atoms with E-state index in [9.17, 15) is 18.0 Å². The number of aromatic nitrogens is 1. The van der Waals surface area contributed by atoms with Crippen LogP contribution < -0.4 is 10.6 Å². The van der Waals surface area contributed by atoms with Crippen molar-refractivity contribution in [2.45, 2.75) is 38.8 Å². The van der Waals surface area contributed by atoms with Crippen LogP contribution >= 0.6 is 11.6 Å². The van der Waals surface area contributed by atoms with E-state index in [1.807, 2.05) is 6.07 Å². The summed E-state index contributed by atoms with van der Waals surface area (Å²) in [5.74, 6) is -2.21. The number of carbonyl (C=O) groups excluding carboxylic acids is 2. The third-order valence-electron chi connectivity index (χ3n) is 6.10. The minimum Gasteiger partial charge on any atom is -0.444 e. The van der Waals surface area contributed by atoms with Crippen LogP contribution in [0.5, 0.6) is 0 Å². The number of alkyl carbamates (subject to hydrolysis) is 1. The van der Waals surface area contributed by atoms with Crippen molar-refractivity contribution < 1.29 is 27.1 Å². The lowest BCUT2D eigenvalue weighted by Crippen LogP contribution is -2.54. The third kappa shape index (κ3) is 7.01. The van der Waals surface area contributed by atoms with Gasteiger partial charge in [0.2, 0.25) is 16.0 Å². The summed E-state index contributed by atoms with van der Waals surface area (Å²) in [6.45, 7) is 6.38. The molecule has 0 aliphatic carbocycles. The van der Waals surface area contributed by atoms with Crippen LogP contribution in [0.2, 0.25) is 5.02 Å². The molecule has 41 heavy (non-hydrogen) atoms. The van der Waals surface area contributed by atoms with Gasteiger partial charge in [0.15, 0.2) is 0 Å². The second kappa shape index (κ2) is 11.1. The van der Waals surface area contributed by atoms with Crippen LogP contribution in [-0.4, -0.2) is 54.1 Å². The van der Waals surface area contributed by atoms with Crippen LogP contribution in [0, 0.1) is 5.82 Å². The van der Waals surface area contributed by atoms with E-state index in [0.29, 0.717) is 5.02 Å². The molecular weight excluding hydrogens is 573 g/mol. The Kier molecular flexibility index (Phi) is 8.10. The molecule has 4 rings (SSSR count). The molecule has 2 aromatic carbocycles. The Balaban J connectivity index is 1.60. The molecule has 1 aromatic heterocycles. The maximum absolute atomic E-state index is 15.1. The average Bonchev–Trinajstić information content (AvgIpc) is 2.87. The highest BCUT2D eigenvalue weighted by molar-refractivity contribution is 7.89. The molecule has 2 heterocycles. The number of nitrogens with zero attached hydrogens (tertiary/aromatic N) is 3. The lowest BCUT2D eigenvalue weighted by atomic mass is 9.93. The molecule has 0 saturated carbocycles. The van der Waals surface area contributed by atoms with Gasteiger partial charge < -0.3 is 10.1 Å². The molecule has 2 amide bonds. The molecule has 3 aromatic rings. The van der Waals surface area contributed by atoms with Gasteiger partial charge in [-0.25, -0.2) is 26.9 Å². The Morgan fingerprint density at radius 3 is 2.44 bits per heavy atom. The number of amides is 2. The van der Waals surface area contributed by atoms with Crippen molar-refractivity contribution in [2.75, 3.05) is 18.1 Å². The van der Waals surface area contributed by atoms with E-state index in [0.717, 1.165) is 21.5 Å². The van der Waals surface area contributed by atoms with E-state index < -0.39 is 44.7 Å². The largest absolute Gasteiger partial charge is 0.444 e. The molecule has 1 aliphatic heterocycles. The van der Waals surface area contributed by atoms with Crippen molar-refractivity contribution in [3.05, 3.63) is 82.9 Å². The standard InChI is InChI=1S/C28H29ClFN5O5S/c1-27(2,3)40-26(37)33-25-34-28(4,16-41(38,39)35(25)5)21-14-20(10-11-22(21)30)32-24(36)23-12-9-18(15-31-23)17-7-6-8-19(29)13-17/h6-15H,16H2,1-5H3,(H,32,36)(H,33,34,37)/t28-/m0/s1. The normalized spacial score (nSPS) is 18.3. The predicted molar refractivity (Wildman–Crippen MR) is 155 cm³/mol. The number of guanidine groups is 1. The minimum absolute atomic E-state index is 0.0975. The van der Waals surface area contributed by atoms with Gasteiger partial charge in [-0.05, 0) is 69.7 Å². The molecule has 0 radical (unpaired) electrons. The van der Waals surface area contributed by atoms with E-state index in [1.54, 1.807) is 51.1 Å². The van der Waals surface area contributed by atoms with Crippen LogP contribution in [-0.2, 0) is 20.3 Å². The lowest BCUT2D eigenvalue weighted by Gasteiger charge is -2.36. The second-order valence-electron chi connectivity index (χ2n) is 10.7. The number of hydrogen-bond acceptors (Lipinski definition) is 7. The number of anilines is 1. The van der Waals surface area contributed by atoms with Crippen LogP contribution in [0.1, 0.15) is 43.7 Å². The smallest absolute Gasteiger partial charge is 0.414 e. The van der Waals surface area contributed by atoms with Gasteiger partial charge in [-0.3, -0.25) is 15.1 Å². The first-order chi connectivity index (χ1) is 19.1. The van der Waals surface area contributed by atoms with Gasteiger partial charge in [-0.1, -0.05) is 29.8 Å². The zero-order chi connectivity index (χ0) is 30.2. The van der Waals surface area contributed by atoms with Crippen molar-refractivity contribution in [1.82, 2.24) is 14.6 Å². The number of carbonyl (C=O) groups is 2. The van der Waals surface area contributed by atoms with Gasteiger partial charge >= 0.3 is 6.09 Å². The third-order valence-corrected chi connectivity index (χ3v) is 8.27. The molecule has 216 valence electrons. The highest BCUT2D eigenvalue weighted by Gasteiger charge is 2.43. The fourth-order valence-electron chi connectivity index (χ4n) is 4.14. The summed E-state index contributed by atoms with van der Waals surface area (Å²) in [7, 11) is -2.80. The number of sulfonamides is 1. The summed E-state index contributed by atoms with van der Waals surface area (Å²) < 4.78 is 47.1. The van der Waals surface area contributed by atoms with Crippen molar-refractivity contribution in [3.8, 4) is 11.1 Å². The Morgan fingerprint density at radius 2 is 1.80 bits per heavy atom. The average molecular weight is 602 g/mol. The molecule has 13 heteroatoms. The first-order valence-electron chi connectivity index (χ1n) is 12.5. The number of hydrogen-bond donors (Lipinski definition) is 2. The van der Waals surface area contributed by atoms with Crippen LogP contribution in [0.3, 0.4) is 0 Å². The topological polar surface area (TPSA) is 130 Å². The van der Waals surface area contributed by atoms with Gasteiger partial charge in [-0.2, -0.15) is 0 Å². The number of pyridine rings is 1. The number of aliphatic imine (C=N–C) groups is 1. The molecular formula is C28H29ClFN5O5S. The van der Waals surface area contributed by atoms with E-state index in [1.165, 1.54) is 32.3 Å².